The minimum absolute atomic E-state index is 0.130. The number of benzene rings is 1. The molecule has 2 N–H and O–H groups in total. The van der Waals surface area contributed by atoms with E-state index >= 15 is 0 Å². The number of imidazole rings is 1. The van der Waals surface area contributed by atoms with Crippen molar-refractivity contribution in [2.45, 2.75) is 59.7 Å². The van der Waals surface area contributed by atoms with Gasteiger partial charge in [0.05, 0.1) is 35.2 Å². The van der Waals surface area contributed by atoms with Crippen molar-refractivity contribution >= 4 is 28.0 Å². The number of aromatic nitrogens is 6. The van der Waals surface area contributed by atoms with Crippen molar-refractivity contribution in [1.29, 1.82) is 0 Å². The molecule has 172 valence electrons. The fraction of sp³-hybridized carbons (Fsp3) is 0.458. The lowest BCUT2D eigenvalue weighted by Gasteiger charge is -2.31. The molecule has 33 heavy (non-hydrogen) atoms. The standard InChI is InChI=1S/C24H30N8O/c1-5-31-22-20(29-24(31)30-8-6-7-18(25)13-30)11-26-32(23(22)33)12-17-9-14(2)21-19(10-17)27-15(3)16(4)28-21/h9-11,18H,5-8,12-13,25H2,1-4H3/t18-/m1/s1. The number of rotatable bonds is 4. The van der Waals surface area contributed by atoms with E-state index in [0.717, 1.165) is 65.4 Å². The first-order valence-electron chi connectivity index (χ1n) is 11.6. The van der Waals surface area contributed by atoms with Gasteiger partial charge in [-0.2, -0.15) is 5.10 Å². The van der Waals surface area contributed by atoms with Crippen LogP contribution in [0.15, 0.2) is 23.1 Å². The second-order valence-corrected chi connectivity index (χ2v) is 9.02. The van der Waals surface area contributed by atoms with Crippen molar-refractivity contribution in [2.75, 3.05) is 18.0 Å². The number of nitrogens with zero attached hydrogens (tertiary/aromatic N) is 7. The van der Waals surface area contributed by atoms with E-state index in [1.807, 2.05) is 38.3 Å². The molecule has 0 radical (unpaired) electrons. The lowest BCUT2D eigenvalue weighted by atomic mass is 10.1. The molecule has 0 aliphatic carbocycles. The number of piperidine rings is 1. The predicted molar refractivity (Wildman–Crippen MR) is 130 cm³/mol. The number of hydrogen-bond donors (Lipinski definition) is 1. The zero-order valence-electron chi connectivity index (χ0n) is 19.7. The normalized spacial score (nSPS) is 16.8. The van der Waals surface area contributed by atoms with Crippen LogP contribution < -0.4 is 16.2 Å². The van der Waals surface area contributed by atoms with E-state index in [1.165, 1.54) is 4.68 Å². The van der Waals surface area contributed by atoms with Crippen LogP contribution in [0, 0.1) is 20.8 Å². The van der Waals surface area contributed by atoms with Crippen LogP contribution in [0.3, 0.4) is 0 Å². The minimum atomic E-state index is -0.140. The molecule has 4 heterocycles. The Morgan fingerprint density at radius 2 is 1.88 bits per heavy atom. The molecule has 1 aromatic carbocycles. The van der Waals surface area contributed by atoms with Gasteiger partial charge in [0, 0.05) is 25.7 Å². The van der Waals surface area contributed by atoms with Crippen LogP contribution in [0.5, 0.6) is 0 Å². The van der Waals surface area contributed by atoms with Crippen molar-refractivity contribution in [1.82, 2.24) is 29.3 Å². The number of anilines is 1. The fourth-order valence-electron chi connectivity index (χ4n) is 4.76. The highest BCUT2D eigenvalue weighted by Gasteiger charge is 2.24. The molecule has 0 amide bonds. The molecule has 9 heteroatoms. The van der Waals surface area contributed by atoms with Crippen LogP contribution in [0.25, 0.3) is 22.1 Å². The highest BCUT2D eigenvalue weighted by Crippen LogP contribution is 2.23. The molecule has 5 rings (SSSR count). The van der Waals surface area contributed by atoms with Gasteiger partial charge >= 0.3 is 0 Å². The Morgan fingerprint density at radius 1 is 1.09 bits per heavy atom. The van der Waals surface area contributed by atoms with Crippen molar-refractivity contribution in [2.24, 2.45) is 5.73 Å². The van der Waals surface area contributed by atoms with E-state index in [0.29, 0.717) is 24.1 Å². The molecule has 1 saturated heterocycles. The Labute approximate surface area is 192 Å². The molecule has 1 aliphatic rings. The van der Waals surface area contributed by atoms with Gasteiger partial charge in [-0.05, 0) is 57.7 Å². The van der Waals surface area contributed by atoms with E-state index in [1.54, 1.807) is 6.20 Å². The van der Waals surface area contributed by atoms with Crippen LogP contribution in [0.4, 0.5) is 5.95 Å². The summed E-state index contributed by atoms with van der Waals surface area (Å²) < 4.78 is 3.51. The van der Waals surface area contributed by atoms with Crippen LogP contribution in [0.2, 0.25) is 0 Å². The molecule has 0 unspecified atom stereocenters. The average molecular weight is 447 g/mol. The van der Waals surface area contributed by atoms with E-state index in [4.69, 9.17) is 15.7 Å². The van der Waals surface area contributed by atoms with E-state index in [2.05, 4.69) is 21.0 Å². The summed E-state index contributed by atoms with van der Waals surface area (Å²) in [4.78, 5) is 29.8. The molecule has 0 bridgehead atoms. The molecule has 0 saturated carbocycles. The summed E-state index contributed by atoms with van der Waals surface area (Å²) in [7, 11) is 0. The van der Waals surface area contributed by atoms with Gasteiger partial charge in [-0.3, -0.25) is 4.79 Å². The quantitative estimate of drug-likeness (QED) is 0.513. The molecule has 1 fully saturated rings. The average Bonchev–Trinajstić information content (AvgIpc) is 3.17. The van der Waals surface area contributed by atoms with Gasteiger partial charge < -0.3 is 15.2 Å². The zero-order valence-corrected chi connectivity index (χ0v) is 19.7. The molecule has 3 aromatic heterocycles. The van der Waals surface area contributed by atoms with Crippen LogP contribution in [-0.2, 0) is 13.1 Å². The summed E-state index contributed by atoms with van der Waals surface area (Å²) in [5.74, 6) is 0.807. The Kier molecular flexibility index (Phi) is 5.36. The lowest BCUT2D eigenvalue weighted by molar-refractivity contribution is 0.494. The number of fused-ring (bicyclic) bond motifs is 2. The maximum atomic E-state index is 13.5. The fourth-order valence-corrected chi connectivity index (χ4v) is 4.76. The van der Waals surface area contributed by atoms with Gasteiger partial charge in [-0.15, -0.1) is 0 Å². The van der Waals surface area contributed by atoms with Gasteiger partial charge in [0.25, 0.3) is 5.56 Å². The summed E-state index contributed by atoms with van der Waals surface area (Å²) in [5.41, 5.74) is 12.8. The van der Waals surface area contributed by atoms with Crippen molar-refractivity contribution < 1.29 is 0 Å². The van der Waals surface area contributed by atoms with E-state index < -0.39 is 0 Å². The summed E-state index contributed by atoms with van der Waals surface area (Å²) in [6.45, 7) is 10.7. The number of nitrogens with two attached hydrogens (primary N) is 1. The second kappa shape index (κ2) is 8.22. The SMILES string of the molecule is CCn1c(N2CCC[C@@H](N)C2)nc2cnn(Cc3cc(C)c4nc(C)c(C)nc4c3)c(=O)c21. The first-order chi connectivity index (χ1) is 15.9. The topological polar surface area (TPSA) is 108 Å². The zero-order chi connectivity index (χ0) is 23.3. The molecule has 9 nitrogen and oxygen atoms in total. The first-order valence-corrected chi connectivity index (χ1v) is 11.6. The number of aryl methyl sites for hydroxylation is 4. The van der Waals surface area contributed by atoms with Gasteiger partial charge in [-0.1, -0.05) is 6.07 Å². The largest absolute Gasteiger partial charge is 0.341 e. The van der Waals surface area contributed by atoms with E-state index in [-0.39, 0.29) is 11.6 Å². The van der Waals surface area contributed by atoms with Gasteiger partial charge in [-0.25, -0.2) is 19.6 Å². The molecule has 4 aromatic rings. The molecule has 1 aliphatic heterocycles. The third-order valence-electron chi connectivity index (χ3n) is 6.55. The predicted octanol–water partition coefficient (Wildman–Crippen LogP) is 2.46. The van der Waals surface area contributed by atoms with Crippen LogP contribution >= 0.6 is 0 Å². The highest BCUT2D eigenvalue weighted by molar-refractivity contribution is 5.79. The highest BCUT2D eigenvalue weighted by atomic mass is 16.1. The van der Waals surface area contributed by atoms with Gasteiger partial charge in [0.15, 0.2) is 0 Å². The molecule has 0 spiro atoms. The Bertz CT molecular complexity index is 1420. The van der Waals surface area contributed by atoms with Crippen molar-refractivity contribution in [3.05, 3.63) is 51.2 Å². The Morgan fingerprint density at radius 3 is 2.64 bits per heavy atom. The molecular weight excluding hydrogens is 416 g/mol. The summed E-state index contributed by atoms with van der Waals surface area (Å²) in [6, 6.07) is 4.19. The number of hydrogen-bond acceptors (Lipinski definition) is 7. The maximum absolute atomic E-state index is 13.5. The van der Waals surface area contributed by atoms with E-state index in [9.17, 15) is 4.79 Å². The summed E-state index contributed by atoms with van der Waals surface area (Å²) >= 11 is 0. The third kappa shape index (κ3) is 3.76. The summed E-state index contributed by atoms with van der Waals surface area (Å²) in [6.07, 6.45) is 3.74. The van der Waals surface area contributed by atoms with Crippen LogP contribution in [-0.4, -0.2) is 48.4 Å². The maximum Gasteiger partial charge on any atom is 0.293 e. The van der Waals surface area contributed by atoms with Crippen molar-refractivity contribution in [3.63, 3.8) is 0 Å². The Balaban J connectivity index is 1.56. The second-order valence-electron chi connectivity index (χ2n) is 9.02. The Hall–Kier alpha value is -3.33. The van der Waals surface area contributed by atoms with Gasteiger partial charge in [0.2, 0.25) is 5.95 Å². The van der Waals surface area contributed by atoms with Gasteiger partial charge in [0.1, 0.15) is 11.0 Å². The minimum Gasteiger partial charge on any atom is -0.341 e. The molecule has 1 atom stereocenters. The van der Waals surface area contributed by atoms with Crippen molar-refractivity contribution in [3.8, 4) is 0 Å². The first kappa shape index (κ1) is 21.5. The summed E-state index contributed by atoms with van der Waals surface area (Å²) in [5, 5.41) is 4.44. The van der Waals surface area contributed by atoms with Crippen LogP contribution in [0.1, 0.15) is 42.3 Å². The molecular formula is C24H30N8O. The smallest absolute Gasteiger partial charge is 0.293 e. The monoisotopic (exact) mass is 446 g/mol. The third-order valence-corrected chi connectivity index (χ3v) is 6.55. The lowest BCUT2D eigenvalue weighted by Crippen LogP contribution is -2.44.